The maximum atomic E-state index is 12.7. The minimum Gasteiger partial charge on any atom is -0.490 e. The van der Waals surface area contributed by atoms with Crippen molar-refractivity contribution in [1.82, 2.24) is 0 Å². The van der Waals surface area contributed by atoms with Gasteiger partial charge >= 0.3 is 6.03 Å². The molecule has 0 fully saturated rings. The zero-order chi connectivity index (χ0) is 21.4. The van der Waals surface area contributed by atoms with Crippen LogP contribution in [0.3, 0.4) is 0 Å². The lowest BCUT2D eigenvalue weighted by Gasteiger charge is -2.23. The van der Waals surface area contributed by atoms with Gasteiger partial charge in [-0.25, -0.2) is 4.79 Å². The summed E-state index contributed by atoms with van der Waals surface area (Å²) in [4.78, 5) is 12.7. The summed E-state index contributed by atoms with van der Waals surface area (Å²) in [5.41, 5.74) is 2.31. The minimum atomic E-state index is -0.337. The summed E-state index contributed by atoms with van der Waals surface area (Å²) >= 11 is 0. The highest BCUT2D eigenvalue weighted by molar-refractivity contribution is 6.00. The van der Waals surface area contributed by atoms with E-state index in [0.29, 0.717) is 42.8 Å². The van der Waals surface area contributed by atoms with Gasteiger partial charge in [-0.3, -0.25) is 0 Å². The third-order valence-corrected chi connectivity index (χ3v) is 4.15. The van der Waals surface area contributed by atoms with Crippen molar-refractivity contribution in [3.63, 3.8) is 0 Å². The van der Waals surface area contributed by atoms with Crippen LogP contribution < -0.4 is 24.8 Å². The molecule has 6 nitrogen and oxygen atoms in total. The lowest BCUT2D eigenvalue weighted by Crippen LogP contribution is -2.23. The Balaban J connectivity index is 2.28. The second kappa shape index (κ2) is 10.0. The number of ether oxygens (including phenoxy) is 3. The normalized spacial score (nSPS) is 11.0. The Morgan fingerprint density at radius 3 is 1.93 bits per heavy atom. The molecule has 6 heteroatoms. The molecule has 0 bridgehead atoms. The molecule has 0 aliphatic rings. The summed E-state index contributed by atoms with van der Waals surface area (Å²) < 4.78 is 17.1. The van der Waals surface area contributed by atoms with Gasteiger partial charge in [0, 0.05) is 17.8 Å². The molecule has 2 amide bonds. The zero-order valence-electron chi connectivity index (χ0n) is 18.2. The van der Waals surface area contributed by atoms with Gasteiger partial charge in [0.05, 0.1) is 25.5 Å². The molecule has 158 valence electrons. The number of carbonyl (C=O) groups is 1. The van der Waals surface area contributed by atoms with E-state index >= 15 is 0 Å². The smallest absolute Gasteiger partial charge is 0.323 e. The van der Waals surface area contributed by atoms with E-state index in [2.05, 4.69) is 31.4 Å². The van der Waals surface area contributed by atoms with Crippen molar-refractivity contribution in [3.05, 3.63) is 42.0 Å². The van der Waals surface area contributed by atoms with Crippen molar-refractivity contribution in [1.29, 1.82) is 0 Å². The van der Waals surface area contributed by atoms with Gasteiger partial charge in [0.1, 0.15) is 0 Å². The summed E-state index contributed by atoms with van der Waals surface area (Å²) in [5, 5.41) is 5.82. The maximum absolute atomic E-state index is 12.7. The largest absolute Gasteiger partial charge is 0.490 e. The third kappa shape index (κ3) is 6.04. The van der Waals surface area contributed by atoms with Crippen molar-refractivity contribution >= 4 is 17.4 Å². The molecule has 0 aromatic heterocycles. The number of benzene rings is 2. The first-order valence-corrected chi connectivity index (χ1v) is 10.0. The van der Waals surface area contributed by atoms with Crippen LogP contribution in [-0.2, 0) is 5.41 Å². The van der Waals surface area contributed by atoms with Crippen LogP contribution in [0, 0.1) is 0 Å². The Hall–Kier alpha value is -2.89. The Bertz CT molecular complexity index is 801. The van der Waals surface area contributed by atoms with Gasteiger partial charge in [0.25, 0.3) is 0 Å². The fourth-order valence-electron chi connectivity index (χ4n) is 2.99. The Morgan fingerprint density at radius 1 is 0.862 bits per heavy atom. The number of nitrogens with one attached hydrogen (secondary N) is 2. The predicted octanol–water partition coefficient (Wildman–Crippen LogP) is 5.82. The van der Waals surface area contributed by atoms with Crippen LogP contribution in [0.4, 0.5) is 16.2 Å². The van der Waals surface area contributed by atoms with Crippen LogP contribution >= 0.6 is 0 Å². The summed E-state index contributed by atoms with van der Waals surface area (Å²) in [6.07, 6.45) is 0. The number of hydrogen-bond acceptors (Lipinski definition) is 4. The number of carbonyl (C=O) groups excluding carboxylic acids is 1. The number of urea groups is 1. The monoisotopic (exact) mass is 400 g/mol. The van der Waals surface area contributed by atoms with Crippen LogP contribution in [-0.4, -0.2) is 25.9 Å². The zero-order valence-corrected chi connectivity index (χ0v) is 18.2. The summed E-state index contributed by atoms with van der Waals surface area (Å²) in [6.45, 7) is 13.5. The number of anilines is 2. The maximum Gasteiger partial charge on any atom is 0.323 e. The van der Waals surface area contributed by atoms with E-state index in [1.165, 1.54) is 0 Å². The molecule has 0 saturated heterocycles. The molecule has 0 aliphatic carbocycles. The van der Waals surface area contributed by atoms with E-state index < -0.39 is 0 Å². The topological polar surface area (TPSA) is 68.8 Å². The van der Waals surface area contributed by atoms with Crippen molar-refractivity contribution < 1.29 is 19.0 Å². The number of para-hydroxylation sites is 1. The fraction of sp³-hybridized carbons (Fsp3) is 0.435. The predicted molar refractivity (Wildman–Crippen MR) is 118 cm³/mol. The highest BCUT2D eigenvalue weighted by Gasteiger charge is 2.20. The van der Waals surface area contributed by atoms with Crippen LogP contribution in [0.25, 0.3) is 0 Å². The fourth-order valence-corrected chi connectivity index (χ4v) is 2.99. The first-order chi connectivity index (χ1) is 13.8. The van der Waals surface area contributed by atoms with Gasteiger partial charge in [0.15, 0.2) is 11.5 Å². The van der Waals surface area contributed by atoms with Crippen molar-refractivity contribution in [3.8, 4) is 17.2 Å². The van der Waals surface area contributed by atoms with E-state index in [-0.39, 0.29) is 11.4 Å². The first-order valence-electron chi connectivity index (χ1n) is 10.0. The summed E-state index contributed by atoms with van der Waals surface area (Å²) in [5.74, 6) is 1.61. The highest BCUT2D eigenvalue weighted by Crippen LogP contribution is 2.41. The van der Waals surface area contributed by atoms with Gasteiger partial charge < -0.3 is 24.8 Å². The summed E-state index contributed by atoms with van der Waals surface area (Å²) in [6, 6.07) is 10.9. The second-order valence-corrected chi connectivity index (χ2v) is 7.48. The number of rotatable bonds is 8. The van der Waals surface area contributed by atoms with E-state index in [0.717, 1.165) is 11.3 Å². The average molecular weight is 401 g/mol. The molecule has 0 radical (unpaired) electrons. The Morgan fingerprint density at radius 2 is 1.41 bits per heavy atom. The van der Waals surface area contributed by atoms with Crippen LogP contribution in [0.15, 0.2) is 36.4 Å². The first kappa shape index (κ1) is 22.4. The molecular weight excluding hydrogens is 368 g/mol. The van der Waals surface area contributed by atoms with Crippen molar-refractivity contribution in [2.24, 2.45) is 0 Å². The lowest BCUT2D eigenvalue weighted by molar-refractivity contribution is 0.260. The molecule has 2 aromatic carbocycles. The van der Waals surface area contributed by atoms with Gasteiger partial charge in [-0.2, -0.15) is 0 Å². The second-order valence-electron chi connectivity index (χ2n) is 7.48. The number of hydrogen-bond donors (Lipinski definition) is 2. The van der Waals surface area contributed by atoms with Gasteiger partial charge in [-0.05, 0) is 37.8 Å². The lowest BCUT2D eigenvalue weighted by atomic mass is 9.86. The molecule has 2 rings (SSSR count). The molecule has 0 spiro atoms. The van der Waals surface area contributed by atoms with Crippen LogP contribution in [0.2, 0.25) is 0 Å². The average Bonchev–Trinajstić information content (AvgIpc) is 2.64. The minimum absolute atomic E-state index is 0.0900. The van der Waals surface area contributed by atoms with E-state index in [4.69, 9.17) is 14.2 Å². The van der Waals surface area contributed by atoms with Crippen molar-refractivity contribution in [2.75, 3.05) is 30.5 Å². The molecule has 2 N–H and O–H groups in total. The Labute approximate surface area is 173 Å². The standard InChI is InChI=1S/C23H32N2O4/c1-7-27-19-14-16(15-20(28-8-2)21(19)29-9-3)24-22(26)25-18-13-11-10-12-17(18)23(4,5)6/h10-15H,7-9H2,1-6H3,(H2,24,25,26). The SMILES string of the molecule is CCOc1cc(NC(=O)Nc2ccccc2C(C)(C)C)cc(OCC)c1OCC. The molecule has 0 unspecified atom stereocenters. The Kier molecular flexibility index (Phi) is 7.76. The van der Waals surface area contributed by atoms with Gasteiger partial charge in [0.2, 0.25) is 5.75 Å². The molecular formula is C23H32N2O4. The van der Waals surface area contributed by atoms with E-state index in [1.54, 1.807) is 12.1 Å². The molecule has 0 heterocycles. The van der Waals surface area contributed by atoms with Gasteiger partial charge in [-0.1, -0.05) is 39.0 Å². The number of amides is 2. The van der Waals surface area contributed by atoms with E-state index in [1.807, 2.05) is 45.0 Å². The molecule has 0 atom stereocenters. The molecule has 2 aromatic rings. The van der Waals surface area contributed by atoms with Crippen LogP contribution in [0.1, 0.15) is 47.1 Å². The molecule has 0 saturated carbocycles. The van der Waals surface area contributed by atoms with Crippen LogP contribution in [0.5, 0.6) is 17.2 Å². The van der Waals surface area contributed by atoms with Crippen molar-refractivity contribution in [2.45, 2.75) is 47.0 Å². The van der Waals surface area contributed by atoms with Gasteiger partial charge in [-0.15, -0.1) is 0 Å². The molecule has 0 aliphatic heterocycles. The summed E-state index contributed by atoms with van der Waals surface area (Å²) in [7, 11) is 0. The third-order valence-electron chi connectivity index (χ3n) is 4.15. The van der Waals surface area contributed by atoms with E-state index in [9.17, 15) is 4.79 Å². The highest BCUT2D eigenvalue weighted by atomic mass is 16.5. The quantitative estimate of drug-likeness (QED) is 0.585. The molecule has 29 heavy (non-hydrogen) atoms.